The zero-order valence-electron chi connectivity index (χ0n) is 34.7. The third-order valence-corrected chi connectivity index (χ3v) is 10.8. The summed E-state index contributed by atoms with van der Waals surface area (Å²) in [5.74, 6) is 0.808. The van der Waals surface area contributed by atoms with Crippen molar-refractivity contribution in [2.75, 3.05) is 39.5 Å². The van der Waals surface area contributed by atoms with Crippen LogP contribution in [0.15, 0.2) is 0 Å². The van der Waals surface area contributed by atoms with Crippen molar-refractivity contribution in [3.8, 4) is 0 Å². The highest BCUT2D eigenvalue weighted by molar-refractivity contribution is 5.75. The predicted molar refractivity (Wildman–Crippen MR) is 214 cm³/mol. The van der Waals surface area contributed by atoms with Crippen molar-refractivity contribution in [2.24, 2.45) is 16.7 Å². The molecular weight excluding hydrogens is 622 g/mol. The van der Waals surface area contributed by atoms with Crippen molar-refractivity contribution >= 4 is 11.9 Å². The monoisotopic (exact) mass is 710 g/mol. The molecular formula is C44H87NO5. The van der Waals surface area contributed by atoms with Gasteiger partial charge in [-0.15, -0.1) is 0 Å². The summed E-state index contributed by atoms with van der Waals surface area (Å²) in [6.45, 7) is 20.0. The van der Waals surface area contributed by atoms with Crippen LogP contribution in [0.1, 0.15) is 215 Å². The second-order valence-electron chi connectivity index (χ2n) is 16.8. The van der Waals surface area contributed by atoms with E-state index in [0.717, 1.165) is 96.2 Å². The minimum atomic E-state index is -0.407. The van der Waals surface area contributed by atoms with Gasteiger partial charge in [0.25, 0.3) is 0 Å². The van der Waals surface area contributed by atoms with Crippen LogP contribution < -0.4 is 0 Å². The third-order valence-electron chi connectivity index (χ3n) is 10.8. The topological polar surface area (TPSA) is 76.1 Å². The zero-order chi connectivity index (χ0) is 37.4. The third kappa shape index (κ3) is 29.4. The van der Waals surface area contributed by atoms with Gasteiger partial charge in [0.1, 0.15) is 0 Å². The largest absolute Gasteiger partial charge is 0.465 e. The van der Waals surface area contributed by atoms with Crippen molar-refractivity contribution in [3.63, 3.8) is 0 Å². The Balaban J connectivity index is 4.14. The normalized spacial score (nSPS) is 12.3. The van der Waals surface area contributed by atoms with Gasteiger partial charge in [0.2, 0.25) is 0 Å². The molecule has 0 aromatic carbocycles. The van der Waals surface area contributed by atoms with Crippen molar-refractivity contribution < 1.29 is 24.2 Å². The lowest BCUT2D eigenvalue weighted by Gasteiger charge is -2.25. The number of rotatable bonds is 37. The van der Waals surface area contributed by atoms with Gasteiger partial charge in [-0.25, -0.2) is 0 Å². The quantitative estimate of drug-likeness (QED) is 0.0511. The summed E-state index contributed by atoms with van der Waals surface area (Å²) in [7, 11) is 0. The van der Waals surface area contributed by atoms with Crippen molar-refractivity contribution in [1.82, 2.24) is 4.90 Å². The van der Waals surface area contributed by atoms with Gasteiger partial charge in [0.05, 0.1) is 18.6 Å². The molecule has 0 saturated heterocycles. The number of ether oxygens (including phenoxy) is 2. The Hall–Kier alpha value is -1.14. The lowest BCUT2D eigenvalue weighted by atomic mass is 9.87. The van der Waals surface area contributed by atoms with E-state index in [-0.39, 0.29) is 24.0 Å². The minimum absolute atomic E-state index is 0.0220. The molecule has 0 fully saturated rings. The molecule has 6 nitrogen and oxygen atoms in total. The predicted octanol–water partition coefficient (Wildman–Crippen LogP) is 12.2. The summed E-state index contributed by atoms with van der Waals surface area (Å²) < 4.78 is 11.3. The lowest BCUT2D eigenvalue weighted by molar-refractivity contribution is -0.154. The van der Waals surface area contributed by atoms with E-state index in [4.69, 9.17) is 9.47 Å². The molecule has 0 aliphatic heterocycles. The summed E-state index contributed by atoms with van der Waals surface area (Å²) in [6, 6.07) is 0. The fourth-order valence-electron chi connectivity index (χ4n) is 6.85. The first-order chi connectivity index (χ1) is 24.0. The number of esters is 2. The molecule has 0 aliphatic carbocycles. The first kappa shape index (κ1) is 48.9. The number of nitrogens with zero attached hydrogens (tertiary/aromatic N) is 1. The van der Waals surface area contributed by atoms with Gasteiger partial charge < -0.3 is 19.5 Å². The first-order valence-electron chi connectivity index (χ1n) is 21.7. The fraction of sp³-hybridized carbons (Fsp3) is 0.955. The number of carbonyl (C=O) groups is 2. The number of aliphatic hydroxyl groups is 1. The van der Waals surface area contributed by atoms with Crippen LogP contribution in [0.5, 0.6) is 0 Å². The van der Waals surface area contributed by atoms with Gasteiger partial charge in [0, 0.05) is 13.0 Å². The average Bonchev–Trinajstić information content (AvgIpc) is 3.09. The van der Waals surface area contributed by atoms with Crippen molar-refractivity contribution in [2.45, 2.75) is 215 Å². The number of carbonyl (C=O) groups excluding carboxylic acids is 2. The maximum Gasteiger partial charge on any atom is 0.311 e. The van der Waals surface area contributed by atoms with Crippen LogP contribution in [0.25, 0.3) is 0 Å². The van der Waals surface area contributed by atoms with E-state index < -0.39 is 5.41 Å². The lowest BCUT2D eigenvalue weighted by Crippen LogP contribution is -2.28. The molecule has 0 bridgehead atoms. The van der Waals surface area contributed by atoms with Gasteiger partial charge in [-0.1, -0.05) is 144 Å². The highest BCUT2D eigenvalue weighted by atomic mass is 16.5. The number of hydrogen-bond acceptors (Lipinski definition) is 6. The molecule has 1 N–H and O–H groups in total. The number of aliphatic hydroxyl groups excluding tert-OH is 1. The van der Waals surface area contributed by atoms with Crippen LogP contribution in [0.4, 0.5) is 0 Å². The van der Waals surface area contributed by atoms with Crippen molar-refractivity contribution in [3.05, 3.63) is 0 Å². The molecule has 0 heterocycles. The molecule has 0 radical (unpaired) electrons. The van der Waals surface area contributed by atoms with Crippen LogP contribution in [0.2, 0.25) is 0 Å². The molecule has 298 valence electrons. The Bertz CT molecular complexity index is 778. The van der Waals surface area contributed by atoms with Crippen LogP contribution in [0, 0.1) is 16.7 Å². The fourth-order valence-corrected chi connectivity index (χ4v) is 6.85. The van der Waals surface area contributed by atoms with E-state index in [1.807, 2.05) is 13.8 Å². The molecule has 6 heteroatoms. The molecule has 0 spiro atoms. The Kier molecular flexibility index (Phi) is 31.8. The van der Waals surface area contributed by atoms with Gasteiger partial charge in [-0.3, -0.25) is 9.59 Å². The molecule has 50 heavy (non-hydrogen) atoms. The van der Waals surface area contributed by atoms with E-state index in [0.29, 0.717) is 19.6 Å². The van der Waals surface area contributed by atoms with Gasteiger partial charge in [-0.05, 0) is 96.2 Å². The first-order valence-corrected chi connectivity index (χ1v) is 21.7. The molecule has 0 aromatic rings. The Morgan fingerprint density at radius 3 is 1.76 bits per heavy atom. The minimum Gasteiger partial charge on any atom is -0.465 e. The summed E-state index contributed by atoms with van der Waals surface area (Å²) >= 11 is 0. The SMILES string of the molecule is CCCCCCCCCC(=O)OCC(C)(C)CCCCCN(CCCCO)CCCCCCC(C)(C)C(=O)OCCCCCCC(CC)CC. The highest BCUT2D eigenvalue weighted by Gasteiger charge is 2.28. The number of hydrogen-bond donors (Lipinski definition) is 1. The number of unbranched alkanes of at least 4 members (excludes halogenated alkanes) is 15. The van der Waals surface area contributed by atoms with Crippen LogP contribution in [0.3, 0.4) is 0 Å². The Morgan fingerprint density at radius 1 is 0.600 bits per heavy atom. The maximum atomic E-state index is 12.7. The molecule has 0 atom stereocenters. The molecule has 0 amide bonds. The van der Waals surface area contributed by atoms with Gasteiger partial charge in [-0.2, -0.15) is 0 Å². The molecule has 0 rings (SSSR count). The van der Waals surface area contributed by atoms with Crippen LogP contribution in [-0.2, 0) is 19.1 Å². The summed E-state index contributed by atoms with van der Waals surface area (Å²) in [6.07, 6.45) is 29.6. The highest BCUT2D eigenvalue weighted by Crippen LogP contribution is 2.27. The maximum absolute atomic E-state index is 12.7. The van der Waals surface area contributed by atoms with E-state index in [1.54, 1.807) is 0 Å². The van der Waals surface area contributed by atoms with Crippen molar-refractivity contribution in [1.29, 1.82) is 0 Å². The summed E-state index contributed by atoms with van der Waals surface area (Å²) in [5.41, 5.74) is -0.386. The second kappa shape index (κ2) is 32.5. The van der Waals surface area contributed by atoms with Gasteiger partial charge >= 0.3 is 11.9 Å². The second-order valence-corrected chi connectivity index (χ2v) is 16.8. The Labute approximate surface area is 312 Å². The average molecular weight is 710 g/mol. The Morgan fingerprint density at radius 2 is 1.12 bits per heavy atom. The van der Waals surface area contributed by atoms with E-state index in [9.17, 15) is 14.7 Å². The smallest absolute Gasteiger partial charge is 0.311 e. The van der Waals surface area contributed by atoms with E-state index in [2.05, 4.69) is 39.5 Å². The summed E-state index contributed by atoms with van der Waals surface area (Å²) in [4.78, 5) is 27.5. The van der Waals surface area contributed by atoms with Crippen LogP contribution in [-0.4, -0.2) is 61.4 Å². The van der Waals surface area contributed by atoms with Crippen LogP contribution >= 0.6 is 0 Å². The van der Waals surface area contributed by atoms with E-state index in [1.165, 1.54) is 89.9 Å². The molecule has 0 aliphatic rings. The summed E-state index contributed by atoms with van der Waals surface area (Å²) in [5, 5.41) is 9.29. The molecule has 0 unspecified atom stereocenters. The standard InChI is InChI=1S/C44H87NO5/c1-8-11-12-13-14-15-22-31-41(47)50-39-43(4,5)32-23-20-26-35-45(36-27-28-37-46)34-25-18-17-24-33-44(6,7)42(48)49-38-29-19-16-21-30-40(9-2)10-3/h40,46H,8-39H2,1-7H3. The van der Waals surface area contributed by atoms with E-state index >= 15 is 0 Å². The van der Waals surface area contributed by atoms with Gasteiger partial charge in [0.15, 0.2) is 0 Å². The molecule has 0 aromatic heterocycles. The molecule has 0 saturated carbocycles. The zero-order valence-corrected chi connectivity index (χ0v) is 34.7.